The number of hydrogen-bond acceptors (Lipinski definition) is 3. The predicted octanol–water partition coefficient (Wildman–Crippen LogP) is 3.01. The summed E-state index contributed by atoms with van der Waals surface area (Å²) >= 11 is 5.91. The van der Waals surface area contributed by atoms with Crippen LogP contribution in [0.4, 0.5) is 0 Å². The molecule has 0 fully saturated rings. The Morgan fingerprint density at radius 2 is 2.00 bits per heavy atom. The molecule has 0 aliphatic heterocycles. The van der Waals surface area contributed by atoms with Crippen LogP contribution in [0.2, 0.25) is 5.02 Å². The Balaban J connectivity index is 2.97. The van der Waals surface area contributed by atoms with E-state index in [1.807, 2.05) is 0 Å². The highest BCUT2D eigenvalue weighted by molar-refractivity contribution is 6.30. The molecule has 0 aliphatic carbocycles. The molecule has 0 atom stereocenters. The fourth-order valence-corrected chi connectivity index (χ4v) is 2.06. The first-order valence-corrected chi connectivity index (χ1v) is 6.42. The van der Waals surface area contributed by atoms with Gasteiger partial charge in [0.15, 0.2) is 5.78 Å². The fourth-order valence-electron chi connectivity index (χ4n) is 1.87. The Bertz CT molecular complexity index is 425. The van der Waals surface area contributed by atoms with Gasteiger partial charge < -0.3 is 9.84 Å². The number of hydrogen-bond donors (Lipinski definition) is 1. The molecule has 1 N–H and O–H groups in total. The summed E-state index contributed by atoms with van der Waals surface area (Å²) in [6.07, 6.45) is 0.943. The molecule has 3 nitrogen and oxygen atoms in total. The molecule has 0 spiro atoms. The van der Waals surface area contributed by atoms with E-state index in [4.69, 9.17) is 16.3 Å². The van der Waals surface area contributed by atoms with Crippen LogP contribution in [0.3, 0.4) is 0 Å². The maximum absolute atomic E-state index is 12.1. The third kappa shape index (κ3) is 3.24. The number of carbonyl (C=O) groups excluding carboxylic acids is 1. The van der Waals surface area contributed by atoms with E-state index in [9.17, 15) is 9.90 Å². The molecule has 0 radical (unpaired) electrons. The maximum atomic E-state index is 12.1. The van der Waals surface area contributed by atoms with Gasteiger partial charge in [-0.25, -0.2) is 0 Å². The number of carbonyl (C=O) groups is 1. The van der Waals surface area contributed by atoms with E-state index in [0.29, 0.717) is 29.2 Å². The number of Topliss-reactive ketones (excluding diaryl/α,β-unsaturated/α-hetero) is 1. The Labute approximate surface area is 113 Å². The average molecular weight is 271 g/mol. The molecule has 0 saturated carbocycles. The van der Waals surface area contributed by atoms with Crippen molar-refractivity contribution in [3.8, 4) is 5.75 Å². The van der Waals surface area contributed by atoms with Crippen molar-refractivity contribution >= 4 is 17.4 Å². The molecule has 0 saturated heterocycles. The van der Waals surface area contributed by atoms with Crippen LogP contribution in [0.5, 0.6) is 5.75 Å². The number of ketones is 1. The van der Waals surface area contributed by atoms with E-state index in [1.165, 1.54) is 0 Å². The largest absolute Gasteiger partial charge is 0.496 e. The van der Waals surface area contributed by atoms with Gasteiger partial charge in [0, 0.05) is 17.0 Å². The number of halogens is 1. The van der Waals surface area contributed by atoms with Crippen LogP contribution in [0.25, 0.3) is 0 Å². The Kier molecular flexibility index (Phi) is 5.17. The van der Waals surface area contributed by atoms with E-state index in [-0.39, 0.29) is 12.2 Å². The monoisotopic (exact) mass is 270 g/mol. The van der Waals surface area contributed by atoms with Gasteiger partial charge in [-0.3, -0.25) is 4.79 Å². The summed E-state index contributed by atoms with van der Waals surface area (Å²) < 4.78 is 5.19. The third-order valence-corrected chi connectivity index (χ3v) is 3.52. The minimum absolute atomic E-state index is 0.127. The van der Waals surface area contributed by atoms with E-state index >= 15 is 0 Å². The van der Waals surface area contributed by atoms with Crippen LogP contribution in [0.15, 0.2) is 18.2 Å². The number of methoxy groups -OCH3 is 1. The topological polar surface area (TPSA) is 46.5 Å². The van der Waals surface area contributed by atoms with Gasteiger partial charge in [-0.05, 0) is 31.0 Å². The SMILES string of the molecule is CCC(O)(CC)C(=O)Cc1cc(Cl)ccc1OC. The van der Waals surface area contributed by atoms with Gasteiger partial charge in [-0.15, -0.1) is 0 Å². The summed E-state index contributed by atoms with van der Waals surface area (Å²) in [7, 11) is 1.54. The summed E-state index contributed by atoms with van der Waals surface area (Å²) in [4.78, 5) is 12.1. The summed E-state index contributed by atoms with van der Waals surface area (Å²) in [5.41, 5.74) is -0.553. The van der Waals surface area contributed by atoms with E-state index in [1.54, 1.807) is 39.2 Å². The lowest BCUT2D eigenvalue weighted by Gasteiger charge is -2.23. The van der Waals surface area contributed by atoms with Gasteiger partial charge in [-0.1, -0.05) is 25.4 Å². The lowest BCUT2D eigenvalue weighted by Crippen LogP contribution is -2.38. The zero-order valence-corrected chi connectivity index (χ0v) is 11.8. The Morgan fingerprint density at radius 1 is 1.39 bits per heavy atom. The van der Waals surface area contributed by atoms with Crippen molar-refractivity contribution in [2.75, 3.05) is 7.11 Å². The Hall–Kier alpha value is -1.06. The van der Waals surface area contributed by atoms with E-state index in [2.05, 4.69) is 0 Å². The molecule has 1 rings (SSSR count). The standard InChI is InChI=1S/C14H19ClO3/c1-4-14(17,5-2)13(16)9-10-8-11(15)6-7-12(10)18-3/h6-8,17H,4-5,9H2,1-3H3. The highest BCUT2D eigenvalue weighted by Crippen LogP contribution is 2.26. The van der Waals surface area contributed by atoms with E-state index in [0.717, 1.165) is 0 Å². The Morgan fingerprint density at radius 3 is 2.50 bits per heavy atom. The second-order valence-corrected chi connectivity index (χ2v) is 4.73. The first-order valence-electron chi connectivity index (χ1n) is 6.05. The van der Waals surface area contributed by atoms with Gasteiger partial charge in [0.2, 0.25) is 0 Å². The zero-order chi connectivity index (χ0) is 13.8. The number of ether oxygens (including phenoxy) is 1. The summed E-state index contributed by atoms with van der Waals surface area (Å²) in [5, 5.41) is 10.7. The minimum Gasteiger partial charge on any atom is -0.496 e. The van der Waals surface area contributed by atoms with Gasteiger partial charge in [0.1, 0.15) is 11.4 Å². The van der Waals surface area contributed by atoms with Crippen molar-refractivity contribution in [3.63, 3.8) is 0 Å². The molecule has 0 unspecified atom stereocenters. The minimum atomic E-state index is -1.26. The van der Waals surface area contributed by atoms with Crippen molar-refractivity contribution in [2.24, 2.45) is 0 Å². The normalized spacial score (nSPS) is 11.4. The van der Waals surface area contributed by atoms with E-state index < -0.39 is 5.60 Å². The number of benzene rings is 1. The van der Waals surface area contributed by atoms with Crippen LogP contribution in [-0.2, 0) is 11.2 Å². The van der Waals surface area contributed by atoms with Gasteiger partial charge in [0.25, 0.3) is 0 Å². The van der Waals surface area contributed by atoms with Crippen LogP contribution in [0, 0.1) is 0 Å². The molecule has 4 heteroatoms. The maximum Gasteiger partial charge on any atom is 0.168 e. The van der Waals surface area contributed by atoms with Crippen LogP contribution >= 0.6 is 11.6 Å². The molecule has 0 aliphatic rings. The van der Waals surface area contributed by atoms with Crippen molar-refractivity contribution in [2.45, 2.75) is 38.7 Å². The van der Waals surface area contributed by atoms with Crippen molar-refractivity contribution in [1.82, 2.24) is 0 Å². The second-order valence-electron chi connectivity index (χ2n) is 4.29. The molecular weight excluding hydrogens is 252 g/mol. The smallest absolute Gasteiger partial charge is 0.168 e. The zero-order valence-electron chi connectivity index (χ0n) is 11.0. The molecule has 18 heavy (non-hydrogen) atoms. The molecule has 1 aromatic carbocycles. The lowest BCUT2D eigenvalue weighted by molar-refractivity contribution is -0.137. The first kappa shape index (κ1) is 15.0. The summed E-state index contributed by atoms with van der Waals surface area (Å²) in [6.45, 7) is 3.60. The van der Waals surface area contributed by atoms with Crippen LogP contribution in [-0.4, -0.2) is 23.6 Å². The van der Waals surface area contributed by atoms with Crippen LogP contribution < -0.4 is 4.74 Å². The van der Waals surface area contributed by atoms with Crippen molar-refractivity contribution in [3.05, 3.63) is 28.8 Å². The average Bonchev–Trinajstić information content (AvgIpc) is 2.38. The molecule has 0 heterocycles. The molecule has 100 valence electrons. The summed E-state index contributed by atoms with van der Waals surface area (Å²) in [5.74, 6) is 0.412. The van der Waals surface area contributed by atoms with Crippen molar-refractivity contribution in [1.29, 1.82) is 0 Å². The predicted molar refractivity (Wildman–Crippen MR) is 72.2 cm³/mol. The molecular formula is C14H19ClO3. The highest BCUT2D eigenvalue weighted by Gasteiger charge is 2.31. The number of aliphatic hydroxyl groups is 1. The molecule has 1 aromatic rings. The fraction of sp³-hybridized carbons (Fsp3) is 0.500. The van der Waals surface area contributed by atoms with Crippen molar-refractivity contribution < 1.29 is 14.6 Å². The van der Waals surface area contributed by atoms with Gasteiger partial charge in [-0.2, -0.15) is 0 Å². The first-order chi connectivity index (χ1) is 8.46. The lowest BCUT2D eigenvalue weighted by atomic mass is 9.88. The van der Waals surface area contributed by atoms with Gasteiger partial charge in [0.05, 0.1) is 7.11 Å². The highest BCUT2D eigenvalue weighted by atomic mass is 35.5. The molecule has 0 aromatic heterocycles. The third-order valence-electron chi connectivity index (χ3n) is 3.28. The summed E-state index contributed by atoms with van der Waals surface area (Å²) in [6, 6.07) is 5.13. The quantitative estimate of drug-likeness (QED) is 0.864. The molecule has 0 amide bonds. The second kappa shape index (κ2) is 6.21. The van der Waals surface area contributed by atoms with Crippen LogP contribution in [0.1, 0.15) is 32.3 Å². The number of rotatable bonds is 6. The molecule has 0 bridgehead atoms. The van der Waals surface area contributed by atoms with Gasteiger partial charge >= 0.3 is 0 Å².